The van der Waals surface area contributed by atoms with Gasteiger partial charge in [-0.05, 0) is 18.2 Å². The Morgan fingerprint density at radius 3 is 2.23 bits per heavy atom. The van der Waals surface area contributed by atoms with E-state index >= 15 is 0 Å². The molecule has 0 radical (unpaired) electrons. The fourth-order valence-corrected chi connectivity index (χ4v) is 2.44. The highest BCUT2D eigenvalue weighted by Crippen LogP contribution is 2.19. The number of piperidine rings is 1. The lowest BCUT2D eigenvalue weighted by Crippen LogP contribution is -2.38. The number of nitrogens with one attached hydrogen (secondary N) is 1. The third-order valence-electron chi connectivity index (χ3n) is 3.59. The highest BCUT2D eigenvalue weighted by molar-refractivity contribution is 6.22. The number of likely N-dealkylation sites (tertiary alicyclic amines) is 1. The predicted molar refractivity (Wildman–Crippen MR) is 79.6 cm³/mol. The number of rotatable bonds is 1. The molecular weight excluding hydrogens is 284 g/mol. The number of fused-ring (bicyclic) bond motifs is 1. The molecule has 114 valence electrons. The molecule has 0 unspecified atom stereocenters. The first-order valence-electron chi connectivity index (χ1n) is 6.87. The third-order valence-corrected chi connectivity index (χ3v) is 3.59. The van der Waals surface area contributed by atoms with Gasteiger partial charge in [-0.2, -0.15) is 0 Å². The highest BCUT2D eigenvalue weighted by atomic mass is 16.2. The van der Waals surface area contributed by atoms with Crippen molar-refractivity contribution in [3.05, 3.63) is 48.0 Å². The minimum absolute atomic E-state index is 0.160. The van der Waals surface area contributed by atoms with Crippen LogP contribution < -0.4 is 5.32 Å². The molecule has 22 heavy (non-hydrogen) atoms. The number of carbonyl (C=O) groups excluding carboxylic acids is 4. The monoisotopic (exact) mass is 300 g/mol. The van der Waals surface area contributed by atoms with Gasteiger partial charge in [0.1, 0.15) is 5.78 Å². The van der Waals surface area contributed by atoms with Crippen LogP contribution in [-0.2, 0) is 4.79 Å². The summed E-state index contributed by atoms with van der Waals surface area (Å²) in [6, 6.07) is 4.46. The Hall–Kier alpha value is -2.76. The Bertz CT molecular complexity index is 656. The maximum absolute atomic E-state index is 12.3. The number of ketones is 1. The van der Waals surface area contributed by atoms with Gasteiger partial charge >= 0.3 is 0 Å². The molecule has 1 saturated heterocycles. The number of nitrogens with zero attached hydrogens (tertiary/aromatic N) is 1. The summed E-state index contributed by atoms with van der Waals surface area (Å²) in [5.74, 6) is -0.971. The van der Waals surface area contributed by atoms with Crippen molar-refractivity contribution < 1.29 is 19.2 Å². The van der Waals surface area contributed by atoms with Crippen molar-refractivity contribution in [2.45, 2.75) is 12.8 Å². The smallest absolute Gasteiger partial charge is 0.258 e. The van der Waals surface area contributed by atoms with E-state index in [-0.39, 0.29) is 17.3 Å². The van der Waals surface area contributed by atoms with Crippen molar-refractivity contribution >= 4 is 23.5 Å². The average Bonchev–Trinajstić information content (AvgIpc) is 2.83. The maximum Gasteiger partial charge on any atom is 0.258 e. The van der Waals surface area contributed by atoms with E-state index < -0.39 is 11.8 Å². The molecule has 6 nitrogen and oxygen atoms in total. The van der Waals surface area contributed by atoms with Crippen LogP contribution in [0.15, 0.2) is 31.4 Å². The molecule has 0 bridgehead atoms. The van der Waals surface area contributed by atoms with Crippen LogP contribution in [0.3, 0.4) is 0 Å². The van der Waals surface area contributed by atoms with Crippen molar-refractivity contribution in [3.8, 4) is 0 Å². The van der Waals surface area contributed by atoms with Crippen LogP contribution in [0.2, 0.25) is 0 Å². The van der Waals surface area contributed by atoms with Gasteiger partial charge in [0.05, 0.1) is 11.1 Å². The normalized spacial score (nSPS) is 16.5. The summed E-state index contributed by atoms with van der Waals surface area (Å²) in [6.07, 6.45) is 0.741. The van der Waals surface area contributed by atoms with Crippen LogP contribution in [0.5, 0.6) is 0 Å². The van der Waals surface area contributed by atoms with Crippen molar-refractivity contribution in [3.63, 3.8) is 0 Å². The Balaban J connectivity index is 0.000000847. The van der Waals surface area contributed by atoms with Gasteiger partial charge in [0, 0.05) is 31.5 Å². The van der Waals surface area contributed by atoms with Gasteiger partial charge in [-0.15, -0.1) is 13.2 Å². The molecule has 0 atom stereocenters. The first-order valence-corrected chi connectivity index (χ1v) is 6.87. The molecule has 2 aliphatic rings. The summed E-state index contributed by atoms with van der Waals surface area (Å²) in [6.45, 7) is 6.81. The number of hydrogen-bond acceptors (Lipinski definition) is 4. The van der Waals surface area contributed by atoms with E-state index in [2.05, 4.69) is 18.5 Å². The molecule has 0 aliphatic carbocycles. The molecule has 1 aromatic carbocycles. The second kappa shape index (κ2) is 6.34. The van der Waals surface area contributed by atoms with Gasteiger partial charge in [-0.3, -0.25) is 24.5 Å². The van der Waals surface area contributed by atoms with Gasteiger partial charge in [0.25, 0.3) is 17.7 Å². The molecule has 3 rings (SSSR count). The SMILES string of the molecule is C=C.O=C1CCN(C(=O)c2ccc3c(c2)C(=O)NC3=O)CC1. The summed E-state index contributed by atoms with van der Waals surface area (Å²) in [5.41, 5.74) is 0.886. The molecular formula is C16H16N2O4. The lowest BCUT2D eigenvalue weighted by Gasteiger charge is -2.26. The summed E-state index contributed by atoms with van der Waals surface area (Å²) < 4.78 is 0. The summed E-state index contributed by atoms with van der Waals surface area (Å²) in [7, 11) is 0. The summed E-state index contributed by atoms with van der Waals surface area (Å²) in [5, 5.41) is 2.19. The average molecular weight is 300 g/mol. The van der Waals surface area contributed by atoms with Crippen molar-refractivity contribution in [2.24, 2.45) is 0 Å². The topological polar surface area (TPSA) is 83.6 Å². The first-order chi connectivity index (χ1) is 10.6. The molecule has 3 amide bonds. The molecule has 0 aromatic heterocycles. The number of Topliss-reactive ketones (excluding diaryl/α,β-unsaturated/α-hetero) is 1. The fraction of sp³-hybridized carbons (Fsp3) is 0.250. The van der Waals surface area contributed by atoms with Crippen LogP contribution in [0, 0.1) is 0 Å². The molecule has 1 N–H and O–H groups in total. The van der Waals surface area contributed by atoms with E-state index in [0.717, 1.165) is 0 Å². The molecule has 0 saturated carbocycles. The number of benzene rings is 1. The van der Waals surface area contributed by atoms with Gasteiger partial charge in [-0.1, -0.05) is 0 Å². The third kappa shape index (κ3) is 2.81. The fourth-order valence-electron chi connectivity index (χ4n) is 2.44. The van der Waals surface area contributed by atoms with Crippen LogP contribution in [0.25, 0.3) is 0 Å². The van der Waals surface area contributed by atoms with Crippen molar-refractivity contribution in [2.75, 3.05) is 13.1 Å². The van der Waals surface area contributed by atoms with Gasteiger partial charge in [0.15, 0.2) is 0 Å². The van der Waals surface area contributed by atoms with Crippen LogP contribution in [0.1, 0.15) is 43.9 Å². The quantitative estimate of drug-likeness (QED) is 0.623. The lowest BCUT2D eigenvalue weighted by molar-refractivity contribution is -0.120. The molecule has 1 fully saturated rings. The Morgan fingerprint density at radius 2 is 1.59 bits per heavy atom. The molecule has 1 aromatic rings. The van der Waals surface area contributed by atoms with Crippen LogP contribution >= 0.6 is 0 Å². The molecule has 0 spiro atoms. The zero-order valence-corrected chi connectivity index (χ0v) is 12.1. The molecule has 2 heterocycles. The van der Waals surface area contributed by atoms with E-state index in [1.807, 2.05) is 0 Å². The second-order valence-corrected chi connectivity index (χ2v) is 4.87. The largest absolute Gasteiger partial charge is 0.338 e. The summed E-state index contributed by atoms with van der Waals surface area (Å²) >= 11 is 0. The predicted octanol–water partition coefficient (Wildman–Crippen LogP) is 1.18. The van der Waals surface area contributed by atoms with E-state index in [0.29, 0.717) is 37.1 Å². The zero-order valence-electron chi connectivity index (χ0n) is 12.1. The first kappa shape index (κ1) is 15.6. The Kier molecular flexibility index (Phi) is 4.50. The number of imide groups is 1. The van der Waals surface area contributed by atoms with E-state index in [1.165, 1.54) is 18.2 Å². The minimum Gasteiger partial charge on any atom is -0.338 e. The standard InChI is InChI=1S/C14H12N2O4.C2H4/c17-9-3-5-16(6-4-9)14(20)8-1-2-10-11(7-8)13(19)15-12(10)18;1-2/h1-2,7H,3-6H2,(H,15,18,19);1-2H2. The molecule has 6 heteroatoms. The van der Waals surface area contributed by atoms with Crippen molar-refractivity contribution in [1.29, 1.82) is 0 Å². The van der Waals surface area contributed by atoms with Gasteiger partial charge in [-0.25, -0.2) is 0 Å². The van der Waals surface area contributed by atoms with E-state index in [4.69, 9.17) is 0 Å². The maximum atomic E-state index is 12.3. The van der Waals surface area contributed by atoms with Crippen molar-refractivity contribution in [1.82, 2.24) is 10.2 Å². The molecule has 2 aliphatic heterocycles. The van der Waals surface area contributed by atoms with E-state index in [1.54, 1.807) is 4.90 Å². The number of hydrogen-bond donors (Lipinski definition) is 1. The van der Waals surface area contributed by atoms with E-state index in [9.17, 15) is 19.2 Å². The van der Waals surface area contributed by atoms with Gasteiger partial charge < -0.3 is 4.90 Å². The minimum atomic E-state index is -0.478. The number of amides is 3. The Morgan fingerprint density at radius 1 is 1.00 bits per heavy atom. The lowest BCUT2D eigenvalue weighted by atomic mass is 10.0. The highest BCUT2D eigenvalue weighted by Gasteiger charge is 2.29. The Labute approximate surface area is 127 Å². The van der Waals surface area contributed by atoms with Crippen LogP contribution in [-0.4, -0.2) is 41.5 Å². The summed E-state index contributed by atoms with van der Waals surface area (Å²) in [4.78, 5) is 48.1. The van der Waals surface area contributed by atoms with Gasteiger partial charge in [0.2, 0.25) is 0 Å². The van der Waals surface area contributed by atoms with Crippen LogP contribution in [0.4, 0.5) is 0 Å². The number of carbonyl (C=O) groups is 4. The second-order valence-electron chi connectivity index (χ2n) is 4.87. The zero-order chi connectivity index (χ0) is 16.3.